The molecule has 2 rings (SSSR count). The van der Waals surface area contributed by atoms with Crippen molar-refractivity contribution in [1.29, 1.82) is 0 Å². The van der Waals surface area contributed by atoms with Crippen LogP contribution < -0.4 is 5.32 Å². The largest absolute Gasteiger partial charge is 0.376 e. The smallest absolute Gasteiger partial charge is 0.261 e. The standard InChI is InChI=1S/C13H16ClNO4S/c1-9(12-3-2-8-19-12)15-13(16)10-4-6-11(7-5-10)20(14,17)18/h4-7,9,12H,2-3,8H2,1H3,(H,15,16). The van der Waals surface area contributed by atoms with Gasteiger partial charge in [-0.2, -0.15) is 0 Å². The third-order valence-electron chi connectivity index (χ3n) is 3.28. The average Bonchev–Trinajstić information content (AvgIpc) is 2.91. The molecule has 1 aliphatic rings. The van der Waals surface area contributed by atoms with Gasteiger partial charge in [0.2, 0.25) is 0 Å². The zero-order valence-corrected chi connectivity index (χ0v) is 12.6. The molecule has 1 saturated heterocycles. The van der Waals surface area contributed by atoms with E-state index in [0.29, 0.717) is 5.56 Å². The number of carbonyl (C=O) groups is 1. The monoisotopic (exact) mass is 317 g/mol. The highest BCUT2D eigenvalue weighted by Gasteiger charge is 2.24. The highest BCUT2D eigenvalue weighted by molar-refractivity contribution is 8.13. The molecule has 1 aromatic rings. The van der Waals surface area contributed by atoms with Gasteiger partial charge < -0.3 is 10.1 Å². The lowest BCUT2D eigenvalue weighted by molar-refractivity contribution is 0.0712. The Hall–Kier alpha value is -1.11. The molecule has 1 N–H and O–H groups in total. The Balaban J connectivity index is 2.02. The van der Waals surface area contributed by atoms with Crippen molar-refractivity contribution in [2.45, 2.75) is 36.8 Å². The molecule has 7 heteroatoms. The second kappa shape index (κ2) is 6.11. The van der Waals surface area contributed by atoms with Crippen LogP contribution in [0.25, 0.3) is 0 Å². The van der Waals surface area contributed by atoms with Crippen LogP contribution in [0.1, 0.15) is 30.1 Å². The van der Waals surface area contributed by atoms with E-state index in [1.54, 1.807) is 0 Å². The quantitative estimate of drug-likeness (QED) is 0.861. The van der Waals surface area contributed by atoms with Crippen molar-refractivity contribution in [3.63, 3.8) is 0 Å². The Morgan fingerprint density at radius 3 is 2.55 bits per heavy atom. The van der Waals surface area contributed by atoms with Gasteiger partial charge in [0, 0.05) is 22.9 Å². The first-order valence-corrected chi connectivity index (χ1v) is 8.66. The third kappa shape index (κ3) is 3.71. The number of rotatable bonds is 4. The summed E-state index contributed by atoms with van der Waals surface area (Å²) in [6.45, 7) is 2.62. The molecule has 0 bridgehead atoms. The van der Waals surface area contributed by atoms with Crippen molar-refractivity contribution in [3.8, 4) is 0 Å². The van der Waals surface area contributed by atoms with Gasteiger partial charge in [0.1, 0.15) is 0 Å². The molecule has 0 saturated carbocycles. The SMILES string of the molecule is CC(NC(=O)c1ccc(S(=O)(=O)Cl)cc1)C1CCCO1. The Morgan fingerprint density at radius 2 is 2.05 bits per heavy atom. The lowest BCUT2D eigenvalue weighted by Gasteiger charge is -2.20. The van der Waals surface area contributed by atoms with Gasteiger partial charge in [0.25, 0.3) is 15.0 Å². The maximum atomic E-state index is 12.0. The van der Waals surface area contributed by atoms with Gasteiger partial charge in [0.15, 0.2) is 0 Å². The predicted molar refractivity (Wildman–Crippen MR) is 75.4 cm³/mol. The van der Waals surface area contributed by atoms with Crippen molar-refractivity contribution in [2.75, 3.05) is 6.61 Å². The highest BCUT2D eigenvalue weighted by Crippen LogP contribution is 2.17. The number of benzene rings is 1. The summed E-state index contributed by atoms with van der Waals surface area (Å²) in [6, 6.07) is 5.42. The lowest BCUT2D eigenvalue weighted by Crippen LogP contribution is -2.40. The molecule has 2 atom stereocenters. The molecule has 20 heavy (non-hydrogen) atoms. The van der Waals surface area contributed by atoms with Gasteiger partial charge in [-0.15, -0.1) is 0 Å². The molecule has 110 valence electrons. The zero-order valence-electron chi connectivity index (χ0n) is 11.0. The summed E-state index contributed by atoms with van der Waals surface area (Å²) in [4.78, 5) is 12.0. The lowest BCUT2D eigenvalue weighted by atomic mass is 10.1. The number of amides is 1. The number of carbonyl (C=O) groups excluding carboxylic acids is 1. The van der Waals surface area contributed by atoms with Crippen molar-refractivity contribution < 1.29 is 17.9 Å². The summed E-state index contributed by atoms with van der Waals surface area (Å²) in [7, 11) is 1.46. The molecule has 0 aliphatic carbocycles. The summed E-state index contributed by atoms with van der Waals surface area (Å²) >= 11 is 0. The second-order valence-corrected chi connectivity index (χ2v) is 7.34. The molecule has 5 nitrogen and oxygen atoms in total. The van der Waals surface area contributed by atoms with Crippen LogP contribution in [0, 0.1) is 0 Å². The van der Waals surface area contributed by atoms with Crippen molar-refractivity contribution in [2.24, 2.45) is 0 Å². The second-order valence-electron chi connectivity index (χ2n) is 4.78. The van der Waals surface area contributed by atoms with E-state index in [2.05, 4.69) is 5.32 Å². The van der Waals surface area contributed by atoms with Crippen LogP contribution in [-0.2, 0) is 13.8 Å². The highest BCUT2D eigenvalue weighted by atomic mass is 35.7. The summed E-state index contributed by atoms with van der Waals surface area (Å²) in [5.41, 5.74) is 0.388. The van der Waals surface area contributed by atoms with Gasteiger partial charge in [-0.3, -0.25) is 4.79 Å². The van der Waals surface area contributed by atoms with E-state index in [1.165, 1.54) is 24.3 Å². The summed E-state index contributed by atoms with van der Waals surface area (Å²) < 4.78 is 27.7. The first-order valence-electron chi connectivity index (χ1n) is 6.35. The number of halogens is 1. The molecule has 1 aromatic carbocycles. The number of hydrogen-bond donors (Lipinski definition) is 1. The van der Waals surface area contributed by atoms with E-state index in [4.69, 9.17) is 15.4 Å². The van der Waals surface area contributed by atoms with E-state index in [9.17, 15) is 13.2 Å². The first kappa shape index (κ1) is 15.3. The van der Waals surface area contributed by atoms with Gasteiger partial charge in [-0.1, -0.05) is 0 Å². The van der Waals surface area contributed by atoms with E-state index in [-0.39, 0.29) is 22.9 Å². The molecule has 2 unspecified atom stereocenters. The van der Waals surface area contributed by atoms with E-state index < -0.39 is 9.05 Å². The van der Waals surface area contributed by atoms with Crippen LogP contribution in [0.4, 0.5) is 0 Å². The molecule has 0 radical (unpaired) electrons. The Bertz CT molecular complexity index is 579. The molecule has 0 aromatic heterocycles. The summed E-state index contributed by atoms with van der Waals surface area (Å²) in [5, 5.41) is 2.85. The van der Waals surface area contributed by atoms with Gasteiger partial charge in [0.05, 0.1) is 17.0 Å². The van der Waals surface area contributed by atoms with Crippen LogP contribution in [0.5, 0.6) is 0 Å². The topological polar surface area (TPSA) is 72.5 Å². The fraction of sp³-hybridized carbons (Fsp3) is 0.462. The van der Waals surface area contributed by atoms with Crippen molar-refractivity contribution in [3.05, 3.63) is 29.8 Å². The zero-order chi connectivity index (χ0) is 14.8. The van der Waals surface area contributed by atoms with Crippen LogP contribution in [0.15, 0.2) is 29.2 Å². The third-order valence-corrected chi connectivity index (χ3v) is 4.65. The minimum Gasteiger partial charge on any atom is -0.376 e. The van der Waals surface area contributed by atoms with Crippen molar-refractivity contribution in [1.82, 2.24) is 5.32 Å². The summed E-state index contributed by atoms with van der Waals surface area (Å²) in [6.07, 6.45) is 1.99. The fourth-order valence-corrected chi connectivity index (χ4v) is 2.92. The van der Waals surface area contributed by atoms with E-state index in [0.717, 1.165) is 19.4 Å². The Kier molecular flexibility index (Phi) is 4.67. The molecular formula is C13H16ClNO4S. The maximum absolute atomic E-state index is 12.0. The van der Waals surface area contributed by atoms with E-state index >= 15 is 0 Å². The molecule has 1 heterocycles. The van der Waals surface area contributed by atoms with E-state index in [1.807, 2.05) is 6.92 Å². The predicted octanol–water partition coefficient (Wildman–Crippen LogP) is 1.91. The minimum atomic E-state index is -3.76. The summed E-state index contributed by atoms with van der Waals surface area (Å²) in [5.74, 6) is -0.258. The van der Waals surface area contributed by atoms with Crippen LogP contribution in [0.2, 0.25) is 0 Å². The van der Waals surface area contributed by atoms with Gasteiger partial charge in [-0.25, -0.2) is 8.42 Å². The van der Waals surface area contributed by atoms with Gasteiger partial charge >= 0.3 is 0 Å². The Morgan fingerprint density at radius 1 is 1.40 bits per heavy atom. The number of nitrogens with one attached hydrogen (secondary N) is 1. The maximum Gasteiger partial charge on any atom is 0.261 e. The molecule has 1 aliphatic heterocycles. The van der Waals surface area contributed by atoms with Crippen LogP contribution in [-0.4, -0.2) is 33.1 Å². The molecule has 1 amide bonds. The molecule has 1 fully saturated rings. The van der Waals surface area contributed by atoms with Crippen LogP contribution in [0.3, 0.4) is 0 Å². The molecular weight excluding hydrogens is 302 g/mol. The number of ether oxygens (including phenoxy) is 1. The van der Waals surface area contributed by atoms with Crippen molar-refractivity contribution >= 4 is 25.6 Å². The van der Waals surface area contributed by atoms with Crippen LogP contribution >= 0.6 is 10.7 Å². The van der Waals surface area contributed by atoms with Gasteiger partial charge in [-0.05, 0) is 44.0 Å². The fourth-order valence-electron chi connectivity index (χ4n) is 2.15. The number of hydrogen-bond acceptors (Lipinski definition) is 4. The molecule has 0 spiro atoms. The minimum absolute atomic E-state index is 0.0251. The first-order chi connectivity index (χ1) is 9.38. The Labute approximate surface area is 122 Å². The normalized spacial score (nSPS) is 20.6. The average molecular weight is 318 g/mol.